The summed E-state index contributed by atoms with van der Waals surface area (Å²) >= 11 is 0. The highest BCUT2D eigenvalue weighted by molar-refractivity contribution is 7.93. The van der Waals surface area contributed by atoms with Gasteiger partial charge in [0.1, 0.15) is 0 Å². The van der Waals surface area contributed by atoms with Crippen LogP contribution in [0.15, 0.2) is 4.36 Å². The molecule has 0 unspecified atom stereocenters. The van der Waals surface area contributed by atoms with E-state index < -0.39 is 9.73 Å². The van der Waals surface area contributed by atoms with Crippen molar-refractivity contribution in [3.05, 3.63) is 0 Å². The average molecular weight is 176 g/mol. The van der Waals surface area contributed by atoms with Gasteiger partial charge in [0.25, 0.3) is 0 Å². The predicted octanol–water partition coefficient (Wildman–Crippen LogP) is 0.420. The summed E-state index contributed by atoms with van der Waals surface area (Å²) in [6, 6.07) is 0. The molecule has 1 heterocycles. The van der Waals surface area contributed by atoms with Crippen LogP contribution in [0.25, 0.3) is 0 Å². The normalized spacial score (nSPS) is 24.9. The van der Waals surface area contributed by atoms with Crippen LogP contribution in [0, 0.1) is 0 Å². The van der Waals surface area contributed by atoms with Crippen molar-refractivity contribution in [3.63, 3.8) is 0 Å². The van der Waals surface area contributed by atoms with Gasteiger partial charge in [-0.15, -0.1) is 0 Å². The molecular formula is C7H16N2OS. The van der Waals surface area contributed by atoms with Gasteiger partial charge in [-0.3, -0.25) is 0 Å². The second kappa shape index (κ2) is 3.54. The highest BCUT2D eigenvalue weighted by atomic mass is 32.2. The summed E-state index contributed by atoms with van der Waals surface area (Å²) in [7, 11) is -0.117. The minimum absolute atomic E-state index is 0.761. The molecule has 11 heavy (non-hydrogen) atoms. The van der Waals surface area contributed by atoms with E-state index in [-0.39, 0.29) is 0 Å². The molecule has 0 aromatic carbocycles. The maximum absolute atomic E-state index is 11.6. The smallest absolute Gasteiger partial charge is 0.0490 e. The van der Waals surface area contributed by atoms with Crippen LogP contribution in [0.3, 0.4) is 0 Å². The zero-order valence-corrected chi connectivity index (χ0v) is 8.06. The lowest BCUT2D eigenvalue weighted by Gasteiger charge is -2.26. The highest BCUT2D eigenvalue weighted by Gasteiger charge is 2.17. The topological polar surface area (TPSA) is 32.7 Å². The fourth-order valence-corrected chi connectivity index (χ4v) is 2.91. The molecule has 0 radical (unpaired) electrons. The third kappa shape index (κ3) is 2.17. The molecule has 0 bridgehead atoms. The molecule has 3 nitrogen and oxygen atoms in total. The van der Waals surface area contributed by atoms with Gasteiger partial charge in [0.05, 0.1) is 0 Å². The summed E-state index contributed by atoms with van der Waals surface area (Å²) < 4.78 is 15.6. The summed E-state index contributed by atoms with van der Waals surface area (Å²) in [5.74, 6) is 1.52. The fraction of sp³-hybridized carbons (Fsp3) is 1.00. The van der Waals surface area contributed by atoms with Crippen LogP contribution in [-0.2, 0) is 9.73 Å². The van der Waals surface area contributed by atoms with E-state index in [4.69, 9.17) is 0 Å². The Morgan fingerprint density at radius 3 is 2.36 bits per heavy atom. The minimum Gasteiger partial charge on any atom is -0.302 e. The lowest BCUT2D eigenvalue weighted by atomic mass is 10.5. The lowest BCUT2D eigenvalue weighted by molar-refractivity contribution is 0.315. The van der Waals surface area contributed by atoms with Gasteiger partial charge >= 0.3 is 0 Å². The van der Waals surface area contributed by atoms with Crippen LogP contribution < -0.4 is 0 Å². The lowest BCUT2D eigenvalue weighted by Crippen LogP contribution is -2.39. The van der Waals surface area contributed by atoms with Crippen molar-refractivity contribution >= 4 is 9.73 Å². The zero-order chi connectivity index (χ0) is 8.32. The van der Waals surface area contributed by atoms with Gasteiger partial charge < -0.3 is 4.90 Å². The van der Waals surface area contributed by atoms with Crippen molar-refractivity contribution in [2.24, 2.45) is 4.36 Å². The number of hydrogen-bond donors (Lipinski definition) is 0. The van der Waals surface area contributed by atoms with E-state index in [2.05, 4.69) is 16.2 Å². The quantitative estimate of drug-likeness (QED) is 0.580. The van der Waals surface area contributed by atoms with E-state index in [9.17, 15) is 4.21 Å². The number of hydrogen-bond acceptors (Lipinski definition) is 3. The Kier molecular flexibility index (Phi) is 2.90. The molecule has 0 amide bonds. The largest absolute Gasteiger partial charge is 0.302 e. The molecule has 66 valence electrons. The molecule has 1 fully saturated rings. The van der Waals surface area contributed by atoms with Gasteiger partial charge in [-0.25, -0.2) is 8.57 Å². The van der Waals surface area contributed by atoms with E-state index in [1.165, 1.54) is 0 Å². The monoisotopic (exact) mass is 176 g/mol. The van der Waals surface area contributed by atoms with Crippen LogP contribution in [-0.4, -0.2) is 47.3 Å². The van der Waals surface area contributed by atoms with Crippen molar-refractivity contribution in [3.8, 4) is 0 Å². The first kappa shape index (κ1) is 9.00. The molecular weight excluding hydrogens is 160 g/mol. The third-order valence-corrected chi connectivity index (χ3v) is 4.54. The average Bonchev–Trinajstić information content (AvgIpc) is 2.06. The Bertz CT molecular complexity index is 217. The molecule has 1 aliphatic rings. The predicted molar refractivity (Wildman–Crippen MR) is 48.3 cm³/mol. The molecule has 0 saturated carbocycles. The van der Waals surface area contributed by atoms with Gasteiger partial charge in [-0.05, 0) is 6.54 Å². The molecule has 0 aromatic rings. The van der Waals surface area contributed by atoms with Crippen molar-refractivity contribution in [2.45, 2.75) is 6.92 Å². The molecule has 1 rings (SSSR count). The molecule has 4 heteroatoms. The number of nitrogens with zero attached hydrogens (tertiary/aromatic N) is 2. The van der Waals surface area contributed by atoms with Crippen LogP contribution in [0.2, 0.25) is 0 Å². The molecule has 0 N–H and O–H groups in total. The first-order valence-electron chi connectivity index (χ1n) is 4.03. The molecule has 0 spiro atoms. The van der Waals surface area contributed by atoms with E-state index >= 15 is 0 Å². The van der Waals surface area contributed by atoms with Crippen LogP contribution >= 0.6 is 0 Å². The highest BCUT2D eigenvalue weighted by Crippen LogP contribution is 2.05. The zero-order valence-electron chi connectivity index (χ0n) is 7.25. The van der Waals surface area contributed by atoms with Gasteiger partial charge in [-0.1, -0.05) is 6.92 Å². The summed E-state index contributed by atoms with van der Waals surface area (Å²) in [6.45, 7) is 5.11. The van der Waals surface area contributed by atoms with Crippen molar-refractivity contribution in [1.29, 1.82) is 0 Å². The maximum atomic E-state index is 11.6. The molecule has 1 saturated heterocycles. The first-order valence-corrected chi connectivity index (χ1v) is 5.88. The Hall–Kier alpha value is -0.0900. The van der Waals surface area contributed by atoms with Crippen molar-refractivity contribution in [1.82, 2.24) is 4.90 Å². The minimum atomic E-state index is -1.79. The third-order valence-electron chi connectivity index (χ3n) is 2.23. The van der Waals surface area contributed by atoms with Crippen LogP contribution in [0.5, 0.6) is 0 Å². The van der Waals surface area contributed by atoms with E-state index in [1.54, 1.807) is 7.05 Å². The van der Waals surface area contributed by atoms with Gasteiger partial charge in [0, 0.05) is 41.4 Å². The summed E-state index contributed by atoms with van der Waals surface area (Å²) in [4.78, 5) is 2.31. The molecule has 0 atom stereocenters. The Labute approximate surface area is 69.0 Å². The van der Waals surface area contributed by atoms with E-state index in [0.29, 0.717) is 0 Å². The SMILES string of the molecule is CCN1CCS(=O)(=NC)CC1. The summed E-state index contributed by atoms with van der Waals surface area (Å²) in [5.41, 5.74) is 0. The van der Waals surface area contributed by atoms with E-state index in [0.717, 1.165) is 31.1 Å². The van der Waals surface area contributed by atoms with Crippen molar-refractivity contribution < 1.29 is 4.21 Å². The van der Waals surface area contributed by atoms with Crippen LogP contribution in [0.4, 0.5) is 0 Å². The summed E-state index contributed by atoms with van der Waals surface area (Å²) in [6.07, 6.45) is 0. The molecule has 1 aliphatic heterocycles. The first-order chi connectivity index (χ1) is 5.20. The second-order valence-electron chi connectivity index (χ2n) is 2.80. The maximum Gasteiger partial charge on any atom is 0.0490 e. The van der Waals surface area contributed by atoms with Gasteiger partial charge in [-0.2, -0.15) is 0 Å². The van der Waals surface area contributed by atoms with Gasteiger partial charge in [0.15, 0.2) is 0 Å². The van der Waals surface area contributed by atoms with Crippen LogP contribution in [0.1, 0.15) is 6.92 Å². The second-order valence-corrected chi connectivity index (χ2v) is 5.52. The summed E-state index contributed by atoms with van der Waals surface area (Å²) in [5, 5.41) is 0. The van der Waals surface area contributed by atoms with Crippen molar-refractivity contribution in [2.75, 3.05) is 38.2 Å². The molecule has 0 aliphatic carbocycles. The Morgan fingerprint density at radius 2 is 2.00 bits per heavy atom. The Balaban J connectivity index is 2.55. The molecule has 0 aromatic heterocycles. The number of rotatable bonds is 1. The standard InChI is InChI=1S/C7H16N2OS/c1-3-9-4-6-11(10,8-2)7-5-9/h3-7H2,1-2H3. The van der Waals surface area contributed by atoms with E-state index in [1.807, 2.05) is 0 Å². The Morgan fingerprint density at radius 1 is 1.45 bits per heavy atom. The van der Waals surface area contributed by atoms with Gasteiger partial charge in [0.2, 0.25) is 0 Å². The fourth-order valence-electron chi connectivity index (χ4n) is 1.26.